The average Bonchev–Trinajstić information content (AvgIpc) is 3.69. The number of nitrogens with zero attached hydrogens (tertiary/aromatic N) is 5. The van der Waals surface area contributed by atoms with Crippen LogP contribution in [0.1, 0.15) is 41.6 Å². The summed E-state index contributed by atoms with van der Waals surface area (Å²) in [6.45, 7) is 2.44. The van der Waals surface area contributed by atoms with E-state index >= 15 is 0 Å². The molecule has 0 spiro atoms. The smallest absolute Gasteiger partial charge is 0.382 e. The van der Waals surface area contributed by atoms with E-state index in [2.05, 4.69) is 25.5 Å². The zero-order valence-electron chi connectivity index (χ0n) is 23.7. The zero-order valence-corrected chi connectivity index (χ0v) is 23.7. The summed E-state index contributed by atoms with van der Waals surface area (Å²) in [5, 5.41) is 5.46. The fourth-order valence-corrected chi connectivity index (χ4v) is 5.65. The van der Waals surface area contributed by atoms with Gasteiger partial charge in [-0.1, -0.05) is 12.1 Å². The number of rotatable bonds is 7. The molecule has 2 aliphatic heterocycles. The number of hydrogen-bond acceptors (Lipinski definition) is 8. The predicted molar refractivity (Wildman–Crippen MR) is 157 cm³/mol. The maximum absolute atomic E-state index is 13.0. The van der Waals surface area contributed by atoms with Gasteiger partial charge < -0.3 is 26.0 Å². The topological polar surface area (TPSA) is 140 Å². The second-order valence-electron chi connectivity index (χ2n) is 10.9. The summed E-state index contributed by atoms with van der Waals surface area (Å²) in [5.74, 6) is -0.138. The van der Waals surface area contributed by atoms with Gasteiger partial charge in [0.15, 0.2) is 0 Å². The lowest BCUT2D eigenvalue weighted by Gasteiger charge is -2.32. The highest BCUT2D eigenvalue weighted by molar-refractivity contribution is 6.04. The largest absolute Gasteiger partial charge is 0.416 e. The van der Waals surface area contributed by atoms with E-state index in [9.17, 15) is 22.8 Å². The first-order chi connectivity index (χ1) is 21.2. The molecular weight excluding hydrogens is 577 g/mol. The number of amides is 2. The Morgan fingerprint density at radius 3 is 2.64 bits per heavy atom. The van der Waals surface area contributed by atoms with Crippen LogP contribution in [-0.4, -0.2) is 63.5 Å². The lowest BCUT2D eigenvalue weighted by Crippen LogP contribution is -2.45. The highest BCUT2D eigenvalue weighted by Crippen LogP contribution is 2.34. The van der Waals surface area contributed by atoms with Crippen LogP contribution >= 0.6 is 0 Å². The van der Waals surface area contributed by atoms with Gasteiger partial charge in [-0.05, 0) is 49.9 Å². The van der Waals surface area contributed by atoms with E-state index in [1.165, 1.54) is 0 Å². The fraction of sp³-hybridized carbons (Fsp3) is 0.367. The molecule has 2 saturated heterocycles. The van der Waals surface area contributed by atoms with Gasteiger partial charge in [-0.2, -0.15) is 13.2 Å². The van der Waals surface area contributed by atoms with Gasteiger partial charge in [-0.15, -0.1) is 0 Å². The maximum atomic E-state index is 13.0. The minimum Gasteiger partial charge on any atom is -0.382 e. The second kappa shape index (κ2) is 12.1. The van der Waals surface area contributed by atoms with Crippen molar-refractivity contribution in [3.63, 3.8) is 0 Å². The van der Waals surface area contributed by atoms with E-state index in [0.29, 0.717) is 42.4 Å². The van der Waals surface area contributed by atoms with Crippen LogP contribution in [-0.2, 0) is 15.7 Å². The SMILES string of the molecule is Nc1nccn2c(N3CCCC(C(=O)NC[C@@H]4CCCO4)C3)nc(-c3ccc(C(=O)Nc4cc(C(F)(F)F)ccn4)cc3)c12. The summed E-state index contributed by atoms with van der Waals surface area (Å²) < 4.78 is 46.6. The molecule has 14 heteroatoms. The fourth-order valence-electron chi connectivity index (χ4n) is 5.65. The number of fused-ring (bicyclic) bond motifs is 1. The Morgan fingerprint density at radius 1 is 1.07 bits per heavy atom. The van der Waals surface area contributed by atoms with Crippen LogP contribution in [0, 0.1) is 5.92 Å². The van der Waals surface area contributed by atoms with Crippen molar-refractivity contribution in [1.82, 2.24) is 24.7 Å². The van der Waals surface area contributed by atoms with Crippen LogP contribution in [0.3, 0.4) is 0 Å². The number of nitrogens with two attached hydrogens (primary N) is 1. The molecule has 4 aromatic rings. The molecule has 2 fully saturated rings. The monoisotopic (exact) mass is 608 g/mol. The van der Waals surface area contributed by atoms with Crippen LogP contribution in [0.15, 0.2) is 55.0 Å². The molecule has 1 unspecified atom stereocenters. The van der Waals surface area contributed by atoms with E-state index in [1.54, 1.807) is 36.7 Å². The maximum Gasteiger partial charge on any atom is 0.416 e. The van der Waals surface area contributed by atoms with Crippen molar-refractivity contribution in [2.24, 2.45) is 5.92 Å². The van der Waals surface area contributed by atoms with Crippen molar-refractivity contribution >= 4 is 34.9 Å². The van der Waals surface area contributed by atoms with Crippen molar-refractivity contribution in [1.29, 1.82) is 0 Å². The number of imidazole rings is 1. The van der Waals surface area contributed by atoms with E-state index in [4.69, 9.17) is 15.5 Å². The molecule has 44 heavy (non-hydrogen) atoms. The van der Waals surface area contributed by atoms with Crippen molar-refractivity contribution in [2.75, 3.05) is 42.2 Å². The number of carbonyl (C=O) groups excluding carboxylic acids is 2. The standard InChI is InChI=1S/C30H31F3N8O3/c31-30(32,33)21-9-10-35-23(15-21)38-28(43)19-7-5-18(6-8-19)24-25-26(34)36-11-13-41(25)29(39-24)40-12-1-3-20(17-40)27(42)37-16-22-4-2-14-44-22/h5-11,13,15,20,22H,1-4,12,14,16-17H2,(H2,34,36)(H,37,42)(H,35,38,43)/t20?,22-/m0/s1. The van der Waals surface area contributed by atoms with Crippen molar-refractivity contribution in [2.45, 2.75) is 38.0 Å². The van der Waals surface area contributed by atoms with E-state index in [-0.39, 0.29) is 35.1 Å². The number of ether oxygens (including phenoxy) is 1. The van der Waals surface area contributed by atoms with E-state index < -0.39 is 17.6 Å². The van der Waals surface area contributed by atoms with Crippen LogP contribution in [0.5, 0.6) is 0 Å². The first-order valence-electron chi connectivity index (χ1n) is 14.4. The molecule has 2 atom stereocenters. The number of alkyl halides is 3. The third kappa shape index (κ3) is 6.16. The quantitative estimate of drug-likeness (QED) is 0.284. The number of anilines is 3. The van der Waals surface area contributed by atoms with Gasteiger partial charge in [0, 0.05) is 56.0 Å². The lowest BCUT2D eigenvalue weighted by molar-refractivity contribution is -0.137. The number of hydrogen-bond donors (Lipinski definition) is 3. The van der Waals surface area contributed by atoms with Crippen LogP contribution in [0.25, 0.3) is 16.8 Å². The second-order valence-corrected chi connectivity index (χ2v) is 10.9. The van der Waals surface area contributed by atoms with Gasteiger partial charge in [0.1, 0.15) is 22.8 Å². The Hall–Kier alpha value is -4.72. The van der Waals surface area contributed by atoms with Gasteiger partial charge in [-0.25, -0.2) is 15.0 Å². The molecule has 0 aliphatic carbocycles. The van der Waals surface area contributed by atoms with Crippen LogP contribution in [0.4, 0.5) is 30.8 Å². The first-order valence-corrected chi connectivity index (χ1v) is 14.4. The van der Waals surface area contributed by atoms with E-state index in [0.717, 1.165) is 50.6 Å². The molecule has 230 valence electrons. The van der Waals surface area contributed by atoms with Gasteiger partial charge in [0.25, 0.3) is 5.91 Å². The number of nitrogen functional groups attached to an aromatic ring is 1. The molecule has 4 N–H and O–H groups in total. The Morgan fingerprint density at radius 2 is 1.89 bits per heavy atom. The Balaban J connectivity index is 1.21. The van der Waals surface area contributed by atoms with Crippen molar-refractivity contribution in [3.05, 3.63) is 66.1 Å². The molecule has 11 nitrogen and oxygen atoms in total. The normalized spacial score (nSPS) is 18.8. The molecule has 6 rings (SSSR count). The minimum atomic E-state index is -4.56. The molecule has 0 saturated carbocycles. The minimum absolute atomic E-state index is 0.00154. The zero-order chi connectivity index (χ0) is 30.8. The van der Waals surface area contributed by atoms with Crippen molar-refractivity contribution in [3.8, 4) is 11.3 Å². The van der Waals surface area contributed by atoms with Gasteiger partial charge in [0.2, 0.25) is 11.9 Å². The Bertz CT molecular complexity index is 1670. The van der Waals surface area contributed by atoms with Crippen LogP contribution in [0.2, 0.25) is 0 Å². The molecular formula is C30H31F3N8O3. The first kappa shape index (κ1) is 29.4. The molecule has 5 heterocycles. The Kier molecular flexibility index (Phi) is 8.08. The van der Waals surface area contributed by atoms with Crippen LogP contribution < -0.4 is 21.3 Å². The molecule has 3 aromatic heterocycles. The molecule has 0 radical (unpaired) electrons. The summed E-state index contributed by atoms with van der Waals surface area (Å²) in [5.41, 5.74) is 7.39. The highest BCUT2D eigenvalue weighted by atomic mass is 19.4. The Labute approximate surface area is 250 Å². The third-order valence-corrected chi connectivity index (χ3v) is 7.92. The van der Waals surface area contributed by atoms with Gasteiger partial charge in [-0.3, -0.25) is 14.0 Å². The third-order valence-electron chi connectivity index (χ3n) is 7.92. The molecule has 1 aromatic carbocycles. The highest BCUT2D eigenvalue weighted by Gasteiger charge is 2.32. The lowest BCUT2D eigenvalue weighted by atomic mass is 9.97. The summed E-state index contributed by atoms with van der Waals surface area (Å²) in [4.78, 5) is 40.8. The molecule has 2 aliphatic rings. The van der Waals surface area contributed by atoms with Gasteiger partial charge in [0.05, 0.1) is 17.6 Å². The van der Waals surface area contributed by atoms with E-state index in [1.807, 2.05) is 4.40 Å². The number of carbonyl (C=O) groups is 2. The van der Waals surface area contributed by atoms with Crippen molar-refractivity contribution < 1.29 is 27.5 Å². The number of aromatic nitrogens is 4. The van der Waals surface area contributed by atoms with Gasteiger partial charge >= 0.3 is 6.18 Å². The molecule has 0 bridgehead atoms. The number of nitrogens with one attached hydrogen (secondary N) is 2. The summed E-state index contributed by atoms with van der Waals surface area (Å²) >= 11 is 0. The summed E-state index contributed by atoms with van der Waals surface area (Å²) in [6.07, 6.45) is 3.41. The summed E-state index contributed by atoms with van der Waals surface area (Å²) in [7, 11) is 0. The number of benzene rings is 1. The summed E-state index contributed by atoms with van der Waals surface area (Å²) in [6, 6.07) is 8.07. The molecule has 2 amide bonds. The number of pyridine rings is 1. The number of piperidine rings is 1. The average molecular weight is 609 g/mol. The number of halogens is 3. The predicted octanol–water partition coefficient (Wildman–Crippen LogP) is 4.16.